The van der Waals surface area contributed by atoms with E-state index in [2.05, 4.69) is 10.1 Å². The summed E-state index contributed by atoms with van der Waals surface area (Å²) in [6.07, 6.45) is 3.63. The van der Waals surface area contributed by atoms with Crippen LogP contribution in [0, 0.1) is 12.8 Å². The van der Waals surface area contributed by atoms with Crippen molar-refractivity contribution >= 4 is 5.91 Å². The van der Waals surface area contributed by atoms with Crippen molar-refractivity contribution in [1.29, 1.82) is 0 Å². The molecule has 2 aliphatic rings. The first-order valence-electron chi connectivity index (χ1n) is 7.98. The molecule has 2 fully saturated rings. The van der Waals surface area contributed by atoms with E-state index in [1.54, 1.807) is 6.92 Å². The van der Waals surface area contributed by atoms with Gasteiger partial charge in [0.25, 0.3) is 11.8 Å². The number of fused-ring (bicyclic) bond motifs is 1. The first-order chi connectivity index (χ1) is 11.1. The zero-order valence-corrected chi connectivity index (χ0v) is 13.3. The molecule has 2 aromatic rings. The topological polar surface area (TPSA) is 73.4 Å². The van der Waals surface area contributed by atoms with Gasteiger partial charge in [0.1, 0.15) is 11.8 Å². The molecule has 0 radical (unpaired) electrons. The predicted octanol–water partition coefficient (Wildman–Crippen LogP) is 1.71. The molecule has 0 unspecified atom stereocenters. The lowest BCUT2D eigenvalue weighted by molar-refractivity contribution is -0.0139. The highest BCUT2D eigenvalue weighted by Gasteiger charge is 2.42. The zero-order valence-electron chi connectivity index (χ0n) is 13.3. The first kappa shape index (κ1) is 14.4. The molecular formula is C16H20N4O3. The van der Waals surface area contributed by atoms with Crippen molar-refractivity contribution in [2.75, 3.05) is 13.1 Å². The maximum Gasteiger partial charge on any atom is 0.270 e. The van der Waals surface area contributed by atoms with Gasteiger partial charge in [-0.25, -0.2) is 0 Å². The monoisotopic (exact) mass is 316 g/mol. The van der Waals surface area contributed by atoms with Crippen LogP contribution in [0.15, 0.2) is 22.9 Å². The van der Waals surface area contributed by atoms with E-state index in [1.807, 2.05) is 34.8 Å². The van der Waals surface area contributed by atoms with Gasteiger partial charge in [-0.05, 0) is 37.8 Å². The molecule has 0 N–H and O–H groups in total. The summed E-state index contributed by atoms with van der Waals surface area (Å²) < 4.78 is 13.2. The summed E-state index contributed by atoms with van der Waals surface area (Å²) in [5.74, 6) is 1.69. The molecular weight excluding hydrogens is 296 g/mol. The van der Waals surface area contributed by atoms with Crippen LogP contribution in [-0.2, 0) is 11.8 Å². The number of carbonyl (C=O) groups is 1. The summed E-state index contributed by atoms with van der Waals surface area (Å²) >= 11 is 0. The van der Waals surface area contributed by atoms with Gasteiger partial charge in [-0.1, -0.05) is 5.16 Å². The molecule has 4 heterocycles. The van der Waals surface area contributed by atoms with Crippen LogP contribution in [-0.4, -0.2) is 44.7 Å². The van der Waals surface area contributed by atoms with Gasteiger partial charge in [0, 0.05) is 26.3 Å². The maximum atomic E-state index is 12.6. The summed E-state index contributed by atoms with van der Waals surface area (Å²) in [7, 11) is 1.89. The Hall–Kier alpha value is -2.15. The number of hydrogen-bond donors (Lipinski definition) is 0. The van der Waals surface area contributed by atoms with E-state index >= 15 is 0 Å². The molecule has 7 nitrogen and oxygen atoms in total. The molecule has 0 spiro atoms. The molecule has 122 valence electrons. The average Bonchev–Trinajstić information content (AvgIpc) is 3.24. The Morgan fingerprint density at radius 1 is 1.43 bits per heavy atom. The molecule has 3 atom stereocenters. The van der Waals surface area contributed by atoms with Crippen LogP contribution >= 0.6 is 0 Å². The largest absolute Gasteiger partial charge is 0.363 e. The van der Waals surface area contributed by atoms with Crippen LogP contribution in [0.25, 0.3) is 0 Å². The second kappa shape index (κ2) is 5.49. The Kier molecular flexibility index (Phi) is 3.45. The Balaban J connectivity index is 1.45. The molecule has 1 amide bonds. The predicted molar refractivity (Wildman–Crippen MR) is 80.7 cm³/mol. The minimum absolute atomic E-state index is 0.0465. The van der Waals surface area contributed by atoms with Gasteiger partial charge in [-0.3, -0.25) is 4.79 Å². The maximum absolute atomic E-state index is 12.6. The fourth-order valence-corrected chi connectivity index (χ4v) is 3.56. The van der Waals surface area contributed by atoms with E-state index in [0.717, 1.165) is 19.4 Å². The van der Waals surface area contributed by atoms with Gasteiger partial charge < -0.3 is 18.7 Å². The van der Waals surface area contributed by atoms with Gasteiger partial charge >= 0.3 is 0 Å². The van der Waals surface area contributed by atoms with Crippen LogP contribution in [0.5, 0.6) is 0 Å². The minimum Gasteiger partial charge on any atom is -0.363 e. The van der Waals surface area contributed by atoms with Gasteiger partial charge in [0.15, 0.2) is 5.82 Å². The van der Waals surface area contributed by atoms with Crippen molar-refractivity contribution in [3.8, 4) is 0 Å². The highest BCUT2D eigenvalue weighted by molar-refractivity contribution is 5.92. The second-order valence-corrected chi connectivity index (χ2v) is 6.38. The van der Waals surface area contributed by atoms with E-state index in [4.69, 9.17) is 9.26 Å². The molecule has 2 aromatic heterocycles. The van der Waals surface area contributed by atoms with Crippen molar-refractivity contribution in [2.45, 2.75) is 32.0 Å². The summed E-state index contributed by atoms with van der Waals surface area (Å²) in [6.45, 7) is 3.19. The van der Waals surface area contributed by atoms with Crippen molar-refractivity contribution in [2.24, 2.45) is 13.0 Å². The summed E-state index contributed by atoms with van der Waals surface area (Å²) in [5.41, 5.74) is 0.713. The standard InChI is InChI=1S/C16H20N4O3/c1-10-17-15(23-18-10)13-8-11-5-7-20(9-14(11)22-13)16(21)12-4-3-6-19(12)2/h3-4,6,11,13-14H,5,7-9H2,1-2H3/t11-,13+,14+/m0/s1. The highest BCUT2D eigenvalue weighted by Crippen LogP contribution is 2.40. The van der Waals surface area contributed by atoms with Gasteiger partial charge in [-0.15, -0.1) is 0 Å². The third kappa shape index (κ3) is 2.55. The van der Waals surface area contributed by atoms with Gasteiger partial charge in [-0.2, -0.15) is 4.98 Å². The number of piperidine rings is 1. The molecule has 2 saturated heterocycles. The lowest BCUT2D eigenvalue weighted by Crippen LogP contribution is -2.45. The van der Waals surface area contributed by atoms with E-state index in [9.17, 15) is 4.79 Å². The van der Waals surface area contributed by atoms with Crippen LogP contribution < -0.4 is 0 Å². The second-order valence-electron chi connectivity index (χ2n) is 6.38. The number of nitrogens with zero attached hydrogens (tertiary/aromatic N) is 4. The Labute approximate surface area is 134 Å². The number of aromatic nitrogens is 3. The molecule has 0 bridgehead atoms. The van der Waals surface area contributed by atoms with Gasteiger partial charge in [0.2, 0.25) is 0 Å². The molecule has 4 rings (SSSR count). The van der Waals surface area contributed by atoms with E-state index in [1.165, 1.54) is 0 Å². The van der Waals surface area contributed by atoms with Gasteiger partial charge in [0.05, 0.1) is 6.10 Å². The van der Waals surface area contributed by atoms with Crippen LogP contribution in [0.1, 0.15) is 41.1 Å². The van der Waals surface area contributed by atoms with Crippen LogP contribution in [0.4, 0.5) is 0 Å². The molecule has 0 aliphatic carbocycles. The van der Waals surface area contributed by atoms with E-state index in [0.29, 0.717) is 29.9 Å². The zero-order chi connectivity index (χ0) is 16.0. The fourth-order valence-electron chi connectivity index (χ4n) is 3.56. The first-order valence-corrected chi connectivity index (χ1v) is 7.98. The number of rotatable bonds is 2. The minimum atomic E-state index is -0.142. The number of ether oxygens (including phenoxy) is 1. The Morgan fingerprint density at radius 2 is 2.30 bits per heavy atom. The molecule has 0 aromatic carbocycles. The Morgan fingerprint density at radius 3 is 3.00 bits per heavy atom. The molecule has 23 heavy (non-hydrogen) atoms. The lowest BCUT2D eigenvalue weighted by Gasteiger charge is -2.34. The third-order valence-corrected chi connectivity index (χ3v) is 4.82. The summed E-state index contributed by atoms with van der Waals surface area (Å²) in [4.78, 5) is 18.8. The van der Waals surface area contributed by atoms with Crippen molar-refractivity contribution in [1.82, 2.24) is 19.6 Å². The summed E-state index contributed by atoms with van der Waals surface area (Å²) in [5, 5.41) is 3.83. The molecule has 7 heteroatoms. The molecule has 2 aliphatic heterocycles. The number of likely N-dealkylation sites (tertiary alicyclic amines) is 1. The van der Waals surface area contributed by atoms with E-state index < -0.39 is 0 Å². The number of hydrogen-bond acceptors (Lipinski definition) is 5. The smallest absolute Gasteiger partial charge is 0.270 e. The number of amides is 1. The number of aryl methyl sites for hydroxylation is 2. The van der Waals surface area contributed by atoms with Crippen LogP contribution in [0.3, 0.4) is 0 Å². The van der Waals surface area contributed by atoms with Crippen LogP contribution in [0.2, 0.25) is 0 Å². The SMILES string of the molecule is Cc1noc([C@H]2C[C@@H]3CCN(C(=O)c4cccn4C)C[C@H]3O2)n1. The van der Waals surface area contributed by atoms with Crippen molar-refractivity contribution in [3.05, 3.63) is 35.7 Å². The lowest BCUT2D eigenvalue weighted by atomic mass is 9.91. The normalized spacial score (nSPS) is 27.2. The van der Waals surface area contributed by atoms with Crippen molar-refractivity contribution < 1.29 is 14.1 Å². The third-order valence-electron chi connectivity index (χ3n) is 4.82. The average molecular weight is 316 g/mol. The van der Waals surface area contributed by atoms with Crippen molar-refractivity contribution in [3.63, 3.8) is 0 Å². The summed E-state index contributed by atoms with van der Waals surface area (Å²) in [6, 6.07) is 3.74. The molecule has 0 saturated carbocycles. The quantitative estimate of drug-likeness (QED) is 0.843. The Bertz CT molecular complexity index is 722. The highest BCUT2D eigenvalue weighted by atomic mass is 16.5. The van der Waals surface area contributed by atoms with E-state index in [-0.39, 0.29) is 18.1 Å². The number of carbonyl (C=O) groups excluding carboxylic acids is 1. The fraction of sp³-hybridized carbons (Fsp3) is 0.562.